The minimum atomic E-state index is -0.434. The van der Waals surface area contributed by atoms with Gasteiger partial charge in [-0.3, -0.25) is 9.48 Å². The summed E-state index contributed by atoms with van der Waals surface area (Å²) < 4.78 is 21.8. The van der Waals surface area contributed by atoms with Gasteiger partial charge in [0.15, 0.2) is 17.3 Å². The number of hydrogen-bond donors (Lipinski definition) is 1. The number of likely N-dealkylation sites (tertiary alicyclic amines) is 1. The third-order valence-electron chi connectivity index (χ3n) is 6.29. The monoisotopic (exact) mass is 466 g/mol. The zero-order chi connectivity index (χ0) is 24.1. The van der Waals surface area contributed by atoms with Gasteiger partial charge in [-0.05, 0) is 69.1 Å². The third kappa shape index (κ3) is 5.59. The number of piperidine rings is 1. The topological polar surface area (TPSA) is 85.2 Å². The predicted octanol–water partition coefficient (Wildman–Crippen LogP) is 4.21. The van der Waals surface area contributed by atoms with Crippen LogP contribution in [0.5, 0.6) is 5.75 Å². The van der Waals surface area contributed by atoms with E-state index in [0.717, 1.165) is 37.2 Å². The molecule has 8 nitrogen and oxygen atoms in total. The first kappa shape index (κ1) is 23.8. The lowest BCUT2D eigenvalue weighted by Crippen LogP contribution is -2.31. The fraction of sp³-hybridized carbons (Fsp3) is 0.440. The Bertz CT molecular complexity index is 1120. The highest BCUT2D eigenvalue weighted by molar-refractivity contribution is 5.96. The summed E-state index contributed by atoms with van der Waals surface area (Å²) in [4.78, 5) is 23.2. The van der Waals surface area contributed by atoms with E-state index in [-0.39, 0.29) is 11.5 Å². The van der Waals surface area contributed by atoms with Crippen LogP contribution in [0.1, 0.15) is 53.7 Å². The van der Waals surface area contributed by atoms with E-state index in [4.69, 9.17) is 4.74 Å². The fourth-order valence-electron chi connectivity index (χ4n) is 4.17. The average Bonchev–Trinajstić information content (AvgIpc) is 3.32. The average molecular weight is 467 g/mol. The second kappa shape index (κ2) is 10.7. The van der Waals surface area contributed by atoms with E-state index >= 15 is 0 Å². The van der Waals surface area contributed by atoms with Crippen molar-refractivity contribution in [3.05, 3.63) is 59.4 Å². The number of aryl methyl sites for hydroxylation is 2. The number of ketones is 1. The van der Waals surface area contributed by atoms with Gasteiger partial charge in [0.25, 0.3) is 0 Å². The van der Waals surface area contributed by atoms with E-state index in [1.165, 1.54) is 13.2 Å². The molecule has 0 atom stereocenters. The Hall–Kier alpha value is -3.33. The first-order valence-electron chi connectivity index (χ1n) is 11.7. The first-order valence-corrected chi connectivity index (χ1v) is 11.7. The number of nitrogens with one attached hydrogen (secondary N) is 1. The second-order valence-corrected chi connectivity index (χ2v) is 8.71. The Balaban J connectivity index is 1.37. The van der Waals surface area contributed by atoms with E-state index in [1.807, 2.05) is 10.9 Å². The van der Waals surface area contributed by atoms with Crippen molar-refractivity contribution in [1.82, 2.24) is 24.6 Å². The number of benzene rings is 1. The van der Waals surface area contributed by atoms with Crippen molar-refractivity contribution >= 4 is 17.4 Å². The SMILES string of the molecule is CCC(=O)c1cc(CCc2cnc(Nc3cnn(C4CCN(C)CC4)c3)nc2)c(F)c(OC)c1. The normalized spacial score (nSPS) is 14.8. The summed E-state index contributed by atoms with van der Waals surface area (Å²) in [6, 6.07) is 3.49. The van der Waals surface area contributed by atoms with Crippen molar-refractivity contribution < 1.29 is 13.9 Å². The molecule has 0 amide bonds. The largest absolute Gasteiger partial charge is 0.494 e. The second-order valence-electron chi connectivity index (χ2n) is 8.71. The molecule has 9 heteroatoms. The molecule has 0 radical (unpaired) electrons. The molecule has 0 unspecified atom stereocenters. The number of nitrogens with zero attached hydrogens (tertiary/aromatic N) is 5. The number of halogens is 1. The molecule has 1 aliphatic rings. The van der Waals surface area contributed by atoms with Gasteiger partial charge in [-0.2, -0.15) is 5.10 Å². The molecule has 1 aromatic carbocycles. The standard InChI is InChI=1S/C25H31FN6O2/c1-4-22(33)19-11-18(24(26)23(12-19)34-3)6-5-17-13-27-25(28-14-17)30-20-15-29-32(16-20)21-7-9-31(2)10-8-21/h11-16,21H,4-10H2,1-3H3,(H,27,28,30). The molecule has 180 valence electrons. The van der Waals surface area contributed by atoms with Crippen LogP contribution in [0.3, 0.4) is 0 Å². The van der Waals surface area contributed by atoms with Crippen LogP contribution in [0.15, 0.2) is 36.9 Å². The van der Waals surface area contributed by atoms with Crippen molar-refractivity contribution in [3.8, 4) is 5.75 Å². The van der Waals surface area contributed by atoms with Crippen LogP contribution in [0, 0.1) is 5.82 Å². The molecule has 1 N–H and O–H groups in total. The van der Waals surface area contributed by atoms with Crippen LogP contribution < -0.4 is 10.1 Å². The lowest BCUT2D eigenvalue weighted by Gasteiger charge is -2.28. The Kier molecular flexibility index (Phi) is 7.52. The lowest BCUT2D eigenvalue weighted by atomic mass is 10.00. The molecule has 0 bridgehead atoms. The zero-order valence-corrected chi connectivity index (χ0v) is 19.9. The molecule has 3 heterocycles. The summed E-state index contributed by atoms with van der Waals surface area (Å²) in [5.41, 5.74) is 2.63. The summed E-state index contributed by atoms with van der Waals surface area (Å²) in [5, 5.41) is 7.69. The smallest absolute Gasteiger partial charge is 0.227 e. The number of methoxy groups -OCH3 is 1. The van der Waals surface area contributed by atoms with Crippen molar-refractivity contribution in [2.75, 3.05) is 32.6 Å². The first-order chi connectivity index (χ1) is 16.5. The van der Waals surface area contributed by atoms with Crippen LogP contribution in [-0.2, 0) is 12.8 Å². The maximum absolute atomic E-state index is 14.7. The highest BCUT2D eigenvalue weighted by atomic mass is 19.1. The van der Waals surface area contributed by atoms with E-state index in [9.17, 15) is 9.18 Å². The number of anilines is 2. The molecule has 0 spiro atoms. The maximum Gasteiger partial charge on any atom is 0.227 e. The van der Waals surface area contributed by atoms with Crippen LogP contribution in [-0.4, -0.2) is 57.7 Å². The molecule has 34 heavy (non-hydrogen) atoms. The van der Waals surface area contributed by atoms with Gasteiger partial charge in [0.05, 0.1) is 25.0 Å². The molecule has 4 rings (SSSR count). The van der Waals surface area contributed by atoms with Crippen molar-refractivity contribution in [2.24, 2.45) is 0 Å². The maximum atomic E-state index is 14.7. The number of hydrogen-bond acceptors (Lipinski definition) is 7. The number of ether oxygens (including phenoxy) is 1. The van der Waals surface area contributed by atoms with Crippen LogP contribution >= 0.6 is 0 Å². The Morgan fingerprint density at radius 2 is 1.91 bits per heavy atom. The molecule has 1 aliphatic heterocycles. The lowest BCUT2D eigenvalue weighted by molar-refractivity contribution is 0.0987. The molecular weight excluding hydrogens is 435 g/mol. The van der Waals surface area contributed by atoms with Gasteiger partial charge in [-0.1, -0.05) is 6.92 Å². The van der Waals surface area contributed by atoms with E-state index in [1.54, 1.807) is 31.6 Å². The number of Topliss-reactive ketones (excluding diaryl/α,β-unsaturated/α-hetero) is 1. The predicted molar refractivity (Wildman–Crippen MR) is 128 cm³/mol. The quantitative estimate of drug-likeness (QED) is 0.473. The third-order valence-corrected chi connectivity index (χ3v) is 6.29. The Labute approximate surface area is 199 Å². The molecule has 1 fully saturated rings. The van der Waals surface area contributed by atoms with Crippen molar-refractivity contribution in [2.45, 2.75) is 45.1 Å². The van der Waals surface area contributed by atoms with Crippen LogP contribution in [0.2, 0.25) is 0 Å². The summed E-state index contributed by atoms with van der Waals surface area (Å²) in [5.74, 6) is 0.0920. The Morgan fingerprint density at radius 3 is 2.59 bits per heavy atom. The molecule has 3 aromatic rings. The summed E-state index contributed by atoms with van der Waals surface area (Å²) in [6.45, 7) is 3.94. The fourth-order valence-corrected chi connectivity index (χ4v) is 4.17. The number of aromatic nitrogens is 4. The van der Waals surface area contributed by atoms with Crippen LogP contribution in [0.4, 0.5) is 16.0 Å². The molecule has 1 saturated heterocycles. The minimum absolute atomic E-state index is 0.0440. The molecular formula is C25H31FN6O2. The van der Waals surface area contributed by atoms with E-state index in [2.05, 4.69) is 32.3 Å². The van der Waals surface area contributed by atoms with Gasteiger partial charge in [-0.25, -0.2) is 14.4 Å². The van der Waals surface area contributed by atoms with Crippen molar-refractivity contribution in [3.63, 3.8) is 0 Å². The summed E-state index contributed by atoms with van der Waals surface area (Å²) in [6.07, 6.45) is 10.7. The van der Waals surface area contributed by atoms with Crippen molar-refractivity contribution in [1.29, 1.82) is 0 Å². The van der Waals surface area contributed by atoms with E-state index < -0.39 is 5.82 Å². The zero-order valence-electron chi connectivity index (χ0n) is 19.9. The van der Waals surface area contributed by atoms with Gasteiger partial charge < -0.3 is 15.0 Å². The van der Waals surface area contributed by atoms with Crippen LogP contribution in [0.25, 0.3) is 0 Å². The molecule has 0 aliphatic carbocycles. The molecule has 0 saturated carbocycles. The molecule has 2 aromatic heterocycles. The summed E-state index contributed by atoms with van der Waals surface area (Å²) in [7, 11) is 3.55. The number of carbonyl (C=O) groups is 1. The number of rotatable bonds is 9. The van der Waals surface area contributed by atoms with Gasteiger partial charge in [0.2, 0.25) is 5.95 Å². The highest BCUT2D eigenvalue weighted by Gasteiger charge is 2.19. The van der Waals surface area contributed by atoms with Gasteiger partial charge in [0.1, 0.15) is 0 Å². The minimum Gasteiger partial charge on any atom is -0.494 e. The van der Waals surface area contributed by atoms with E-state index in [0.29, 0.717) is 42.4 Å². The Morgan fingerprint density at radius 1 is 1.18 bits per heavy atom. The van der Waals surface area contributed by atoms with Gasteiger partial charge >= 0.3 is 0 Å². The van der Waals surface area contributed by atoms with Gasteiger partial charge in [0, 0.05) is 30.6 Å². The number of carbonyl (C=O) groups excluding carboxylic acids is 1. The highest BCUT2D eigenvalue weighted by Crippen LogP contribution is 2.26. The summed E-state index contributed by atoms with van der Waals surface area (Å²) >= 11 is 0. The van der Waals surface area contributed by atoms with Gasteiger partial charge in [-0.15, -0.1) is 0 Å².